The molecule has 1 aliphatic rings. The molecule has 0 aliphatic carbocycles. The Labute approximate surface area is 213 Å². The number of amides is 1. The van der Waals surface area contributed by atoms with E-state index in [9.17, 15) is 13.2 Å². The van der Waals surface area contributed by atoms with Gasteiger partial charge in [0.1, 0.15) is 10.6 Å². The molecule has 12 heteroatoms. The molecule has 0 saturated carbocycles. The number of nitrogens with one attached hydrogen (secondary N) is 1. The van der Waals surface area contributed by atoms with Crippen LogP contribution in [0.2, 0.25) is 5.02 Å². The Bertz CT molecular complexity index is 1360. The Hall–Kier alpha value is -2.12. The molecule has 1 N–H and O–H groups in total. The highest BCUT2D eigenvalue weighted by molar-refractivity contribution is 7.89. The first-order valence-electron chi connectivity index (χ1n) is 10.2. The van der Waals surface area contributed by atoms with E-state index in [2.05, 4.69) is 10.3 Å². The number of thiazole rings is 1. The number of aromatic nitrogens is 1. The third-order valence-electron chi connectivity index (χ3n) is 5.13. The number of nitrogens with zero attached hydrogens (tertiary/aromatic N) is 2. The second-order valence-corrected chi connectivity index (χ2v) is 12.5. The number of hydrogen-bond acceptors (Lipinski definition) is 8. The Morgan fingerprint density at radius 1 is 1.06 bits per heavy atom. The van der Waals surface area contributed by atoms with Crippen molar-refractivity contribution in [1.82, 2.24) is 9.29 Å². The summed E-state index contributed by atoms with van der Waals surface area (Å²) in [5, 5.41) is 7.31. The minimum atomic E-state index is -3.85. The number of carbonyl (C=O) groups is 1. The summed E-state index contributed by atoms with van der Waals surface area (Å²) < 4.78 is 32.8. The van der Waals surface area contributed by atoms with Crippen molar-refractivity contribution in [3.8, 4) is 20.3 Å². The van der Waals surface area contributed by atoms with Crippen LogP contribution in [-0.2, 0) is 14.8 Å². The number of ether oxygens (including phenoxy) is 1. The van der Waals surface area contributed by atoms with E-state index in [1.165, 1.54) is 33.8 Å². The summed E-state index contributed by atoms with van der Waals surface area (Å²) in [5.41, 5.74) is 0.992. The Morgan fingerprint density at radius 2 is 1.76 bits per heavy atom. The standard InChI is InChI=1S/C22H18ClN3O4S4/c23-15-6-5-14(13-18(15)34(28,29)26-7-9-30-10-8-26)21(27)25-22-24-19(16-3-1-11-31-16)20(33-22)17-4-2-12-32-17/h1-6,11-13H,7-10H2,(H,24,25,27). The number of benzene rings is 1. The topological polar surface area (TPSA) is 88.6 Å². The number of rotatable bonds is 6. The van der Waals surface area contributed by atoms with Gasteiger partial charge in [0.15, 0.2) is 5.13 Å². The van der Waals surface area contributed by atoms with Gasteiger partial charge in [0.05, 0.1) is 28.0 Å². The number of anilines is 1. The second kappa shape index (κ2) is 9.86. The molecule has 7 nitrogen and oxygen atoms in total. The van der Waals surface area contributed by atoms with Crippen LogP contribution in [-0.4, -0.2) is 49.9 Å². The molecule has 3 aromatic heterocycles. The molecular formula is C22H18ClN3O4S4. The van der Waals surface area contributed by atoms with Crippen LogP contribution in [0, 0.1) is 0 Å². The lowest BCUT2D eigenvalue weighted by Gasteiger charge is -2.26. The van der Waals surface area contributed by atoms with Gasteiger partial charge in [0, 0.05) is 23.5 Å². The van der Waals surface area contributed by atoms with Crippen LogP contribution in [0.15, 0.2) is 58.1 Å². The van der Waals surface area contributed by atoms with Crippen LogP contribution in [0.1, 0.15) is 10.4 Å². The number of carbonyl (C=O) groups excluding carboxylic acids is 1. The molecule has 1 fully saturated rings. The maximum absolute atomic E-state index is 13.1. The highest BCUT2D eigenvalue weighted by Crippen LogP contribution is 2.42. The van der Waals surface area contributed by atoms with Gasteiger partial charge in [-0.15, -0.1) is 22.7 Å². The summed E-state index contributed by atoms with van der Waals surface area (Å²) in [5.74, 6) is -0.459. The number of morpholine rings is 1. The molecule has 0 spiro atoms. The van der Waals surface area contributed by atoms with Crippen LogP contribution >= 0.6 is 45.6 Å². The number of thiophene rings is 2. The van der Waals surface area contributed by atoms with Gasteiger partial charge < -0.3 is 4.74 Å². The first-order chi connectivity index (χ1) is 16.4. The number of halogens is 1. The summed E-state index contributed by atoms with van der Waals surface area (Å²) in [6.45, 7) is 1.12. The average Bonchev–Trinajstić information content (AvgIpc) is 3.61. The van der Waals surface area contributed by atoms with E-state index < -0.39 is 15.9 Å². The van der Waals surface area contributed by atoms with E-state index in [1.54, 1.807) is 22.7 Å². The fourth-order valence-corrected chi connectivity index (χ4v) is 7.99. The SMILES string of the molecule is O=C(Nc1nc(-c2cccs2)c(-c2cccs2)s1)c1ccc(Cl)c(S(=O)(=O)N2CCOCC2)c1. The predicted octanol–water partition coefficient (Wildman–Crippen LogP) is 5.53. The Balaban J connectivity index is 1.44. The highest BCUT2D eigenvalue weighted by Gasteiger charge is 2.29. The quantitative estimate of drug-likeness (QED) is 0.340. The van der Waals surface area contributed by atoms with Crippen LogP contribution < -0.4 is 5.32 Å². The average molecular weight is 552 g/mol. The van der Waals surface area contributed by atoms with Crippen molar-refractivity contribution < 1.29 is 17.9 Å². The van der Waals surface area contributed by atoms with Gasteiger partial charge in [-0.1, -0.05) is 35.1 Å². The molecule has 34 heavy (non-hydrogen) atoms. The largest absolute Gasteiger partial charge is 0.379 e. The molecule has 176 valence electrons. The molecule has 1 aromatic carbocycles. The summed E-state index contributed by atoms with van der Waals surface area (Å²) in [6, 6.07) is 12.2. The molecule has 0 bridgehead atoms. The smallest absolute Gasteiger partial charge is 0.257 e. The van der Waals surface area contributed by atoms with Crippen LogP contribution in [0.4, 0.5) is 5.13 Å². The van der Waals surface area contributed by atoms with Crippen LogP contribution in [0.3, 0.4) is 0 Å². The molecule has 1 amide bonds. The van der Waals surface area contributed by atoms with Gasteiger partial charge in [0.25, 0.3) is 5.91 Å². The molecule has 0 radical (unpaired) electrons. The summed E-state index contributed by atoms with van der Waals surface area (Å²) >= 11 is 10.8. The molecule has 0 unspecified atom stereocenters. The summed E-state index contributed by atoms with van der Waals surface area (Å²) in [7, 11) is -3.85. The van der Waals surface area contributed by atoms with Crippen molar-refractivity contribution in [1.29, 1.82) is 0 Å². The first-order valence-corrected chi connectivity index (χ1v) is 14.6. The van der Waals surface area contributed by atoms with E-state index in [1.807, 2.05) is 35.0 Å². The predicted molar refractivity (Wildman–Crippen MR) is 138 cm³/mol. The molecule has 0 atom stereocenters. The lowest BCUT2D eigenvalue weighted by Crippen LogP contribution is -2.40. The lowest BCUT2D eigenvalue weighted by atomic mass is 10.2. The minimum absolute atomic E-state index is 0.0669. The Morgan fingerprint density at radius 3 is 2.44 bits per heavy atom. The van der Waals surface area contributed by atoms with Gasteiger partial charge in [-0.3, -0.25) is 10.1 Å². The zero-order chi connectivity index (χ0) is 23.7. The van der Waals surface area contributed by atoms with Gasteiger partial charge in [-0.25, -0.2) is 13.4 Å². The molecular weight excluding hydrogens is 534 g/mol. The molecule has 5 rings (SSSR count). The van der Waals surface area contributed by atoms with Gasteiger partial charge in [0.2, 0.25) is 10.0 Å². The number of sulfonamides is 1. The third-order valence-corrected chi connectivity index (χ3v) is 10.4. The number of hydrogen-bond donors (Lipinski definition) is 1. The first kappa shape index (κ1) is 23.6. The van der Waals surface area contributed by atoms with Crippen molar-refractivity contribution in [2.24, 2.45) is 0 Å². The third kappa shape index (κ3) is 4.69. The van der Waals surface area contributed by atoms with Gasteiger partial charge >= 0.3 is 0 Å². The van der Waals surface area contributed by atoms with Crippen molar-refractivity contribution in [3.63, 3.8) is 0 Å². The molecule has 1 saturated heterocycles. The minimum Gasteiger partial charge on any atom is -0.379 e. The van der Waals surface area contributed by atoms with E-state index in [-0.39, 0.29) is 28.6 Å². The molecule has 4 heterocycles. The van der Waals surface area contributed by atoms with Crippen molar-refractivity contribution in [2.45, 2.75) is 4.90 Å². The van der Waals surface area contributed by atoms with Crippen LogP contribution in [0.25, 0.3) is 20.3 Å². The van der Waals surface area contributed by atoms with E-state index in [0.29, 0.717) is 18.3 Å². The zero-order valence-corrected chi connectivity index (χ0v) is 21.6. The van der Waals surface area contributed by atoms with E-state index in [0.717, 1.165) is 20.3 Å². The summed E-state index contributed by atoms with van der Waals surface area (Å²) in [6.07, 6.45) is 0. The second-order valence-electron chi connectivity index (χ2n) is 7.27. The lowest BCUT2D eigenvalue weighted by molar-refractivity contribution is 0.0730. The van der Waals surface area contributed by atoms with Crippen molar-refractivity contribution >= 4 is 66.7 Å². The van der Waals surface area contributed by atoms with Gasteiger partial charge in [-0.05, 0) is 41.1 Å². The normalized spacial score (nSPS) is 14.9. The maximum atomic E-state index is 13.1. The molecule has 4 aromatic rings. The maximum Gasteiger partial charge on any atom is 0.257 e. The monoisotopic (exact) mass is 551 g/mol. The van der Waals surface area contributed by atoms with Crippen molar-refractivity contribution in [2.75, 3.05) is 31.6 Å². The molecule has 1 aliphatic heterocycles. The van der Waals surface area contributed by atoms with Gasteiger partial charge in [-0.2, -0.15) is 4.31 Å². The zero-order valence-electron chi connectivity index (χ0n) is 17.6. The fraction of sp³-hybridized carbons (Fsp3) is 0.182. The Kier molecular flexibility index (Phi) is 6.85. The van der Waals surface area contributed by atoms with E-state index >= 15 is 0 Å². The fourth-order valence-electron chi connectivity index (χ4n) is 3.47. The van der Waals surface area contributed by atoms with Crippen LogP contribution in [0.5, 0.6) is 0 Å². The highest BCUT2D eigenvalue weighted by atomic mass is 35.5. The summed E-state index contributed by atoms with van der Waals surface area (Å²) in [4.78, 5) is 20.7. The van der Waals surface area contributed by atoms with E-state index in [4.69, 9.17) is 16.3 Å². The van der Waals surface area contributed by atoms with Crippen molar-refractivity contribution in [3.05, 3.63) is 63.8 Å².